The van der Waals surface area contributed by atoms with Crippen LogP contribution in [0.1, 0.15) is 11.1 Å². The normalized spacial score (nSPS) is 15.3. The van der Waals surface area contributed by atoms with Gasteiger partial charge in [0.25, 0.3) is 0 Å². The van der Waals surface area contributed by atoms with Crippen molar-refractivity contribution < 1.29 is 4.48 Å². The number of benzene rings is 1. The van der Waals surface area contributed by atoms with Crippen LogP contribution >= 0.6 is 0 Å². The van der Waals surface area contributed by atoms with Crippen molar-refractivity contribution in [3.8, 4) is 0 Å². The third-order valence-electron chi connectivity index (χ3n) is 3.07. The summed E-state index contributed by atoms with van der Waals surface area (Å²) in [6, 6.07) is 8.61. The summed E-state index contributed by atoms with van der Waals surface area (Å²) in [4.78, 5) is 0. The molecule has 1 heterocycles. The Kier molecular flexibility index (Phi) is 2.36. The van der Waals surface area contributed by atoms with Gasteiger partial charge in [0.2, 0.25) is 0 Å². The quantitative estimate of drug-likeness (QED) is 0.545. The zero-order chi connectivity index (χ0) is 10.1. The minimum atomic E-state index is 0.623. The molecule has 2 rings (SSSR count). The third-order valence-corrected chi connectivity index (χ3v) is 3.07. The number of nitrogens with zero attached hydrogens (tertiary/aromatic N) is 1. The standard InChI is InChI=1S/C12H16BN/c1-10-8-13(14(2)3)9-11-6-4-5-7-12(10)11/h4-7H,1,8-9H2,2-3H3. The molecule has 0 bridgehead atoms. The topological polar surface area (TPSA) is 3.01 Å². The highest BCUT2D eigenvalue weighted by molar-refractivity contribution is 6.46. The van der Waals surface area contributed by atoms with Gasteiger partial charge in [0.05, 0.1) is 14.1 Å². The summed E-state index contributed by atoms with van der Waals surface area (Å²) in [6.07, 6.45) is 2.26. The van der Waals surface area contributed by atoms with E-state index in [-0.39, 0.29) is 0 Å². The van der Waals surface area contributed by atoms with E-state index in [1.165, 1.54) is 16.7 Å². The maximum absolute atomic E-state index is 4.16. The largest absolute Gasteiger partial charge is 0.504 e. The van der Waals surface area contributed by atoms with Crippen molar-refractivity contribution in [2.45, 2.75) is 12.6 Å². The molecule has 1 aromatic carbocycles. The lowest BCUT2D eigenvalue weighted by atomic mass is 9.55. The lowest BCUT2D eigenvalue weighted by molar-refractivity contribution is -0.454. The van der Waals surface area contributed by atoms with Crippen molar-refractivity contribution in [1.82, 2.24) is 0 Å². The maximum Gasteiger partial charge on any atom is 0.168 e. The van der Waals surface area contributed by atoms with Crippen LogP contribution in [0.2, 0.25) is 6.32 Å². The number of hydrogen-bond donors (Lipinski definition) is 0. The van der Waals surface area contributed by atoms with Crippen molar-refractivity contribution in [3.63, 3.8) is 0 Å². The number of allylic oxidation sites excluding steroid dienone is 1. The summed E-state index contributed by atoms with van der Waals surface area (Å²) in [6.45, 7) is 4.78. The fourth-order valence-corrected chi connectivity index (χ4v) is 2.13. The molecule has 1 aliphatic rings. The van der Waals surface area contributed by atoms with E-state index in [9.17, 15) is 0 Å². The van der Waals surface area contributed by atoms with E-state index in [2.05, 4.69) is 49.4 Å². The molecule has 0 fully saturated rings. The highest BCUT2D eigenvalue weighted by Crippen LogP contribution is 2.27. The average Bonchev–Trinajstić information content (AvgIpc) is 2.17. The molecule has 0 atom stereocenters. The first-order valence-electron chi connectivity index (χ1n) is 5.11. The van der Waals surface area contributed by atoms with E-state index in [4.69, 9.17) is 0 Å². The Morgan fingerprint density at radius 2 is 1.93 bits per heavy atom. The van der Waals surface area contributed by atoms with E-state index >= 15 is 0 Å². The summed E-state index contributed by atoms with van der Waals surface area (Å²) >= 11 is 0. The van der Waals surface area contributed by atoms with E-state index in [0.29, 0.717) is 6.51 Å². The Bertz CT molecular complexity index is 414. The highest BCUT2D eigenvalue weighted by atomic mass is 14.9. The molecule has 0 aromatic heterocycles. The molecular formula is C12H16BN. The van der Waals surface area contributed by atoms with Crippen LogP contribution in [0.15, 0.2) is 30.8 Å². The zero-order valence-electron chi connectivity index (χ0n) is 8.96. The van der Waals surface area contributed by atoms with Gasteiger partial charge >= 0.3 is 0 Å². The fraction of sp³-hybridized carbons (Fsp3) is 0.333. The molecule has 14 heavy (non-hydrogen) atoms. The van der Waals surface area contributed by atoms with Crippen LogP contribution in [-0.4, -0.2) is 25.1 Å². The van der Waals surface area contributed by atoms with Crippen LogP contribution in [0.4, 0.5) is 0 Å². The number of hydrogen-bond acceptors (Lipinski definition) is 0. The van der Waals surface area contributed by atoms with Gasteiger partial charge in [0.1, 0.15) is 0 Å². The molecule has 1 aliphatic heterocycles. The Labute approximate surface area is 85.9 Å². The van der Waals surface area contributed by atoms with E-state index in [1.54, 1.807) is 0 Å². The first kappa shape index (κ1) is 9.38. The Morgan fingerprint density at radius 3 is 2.64 bits per heavy atom. The van der Waals surface area contributed by atoms with Crippen LogP contribution < -0.4 is 0 Å². The first-order chi connectivity index (χ1) is 6.68. The van der Waals surface area contributed by atoms with E-state index in [0.717, 1.165) is 12.6 Å². The molecular weight excluding hydrogens is 169 g/mol. The van der Waals surface area contributed by atoms with Gasteiger partial charge < -0.3 is 4.48 Å². The zero-order valence-corrected chi connectivity index (χ0v) is 8.96. The van der Waals surface area contributed by atoms with Gasteiger partial charge in [-0.05, 0) is 5.56 Å². The van der Waals surface area contributed by atoms with Gasteiger partial charge in [0, 0.05) is 0 Å². The molecule has 0 radical (unpaired) electrons. The van der Waals surface area contributed by atoms with E-state index < -0.39 is 0 Å². The van der Waals surface area contributed by atoms with Crippen LogP contribution in [-0.2, 0) is 6.32 Å². The van der Waals surface area contributed by atoms with Gasteiger partial charge in [0.15, 0.2) is 6.51 Å². The molecule has 1 nitrogen and oxygen atoms in total. The minimum Gasteiger partial charge on any atom is -0.504 e. The highest BCUT2D eigenvalue weighted by Gasteiger charge is 2.14. The third kappa shape index (κ3) is 1.57. The Balaban J connectivity index is 2.49. The first-order valence-corrected chi connectivity index (χ1v) is 5.11. The van der Waals surface area contributed by atoms with Crippen LogP contribution in [0.25, 0.3) is 5.57 Å². The summed E-state index contributed by atoms with van der Waals surface area (Å²) in [5.41, 5.74) is 4.10. The van der Waals surface area contributed by atoms with Crippen LogP contribution in [0.3, 0.4) is 0 Å². The van der Waals surface area contributed by atoms with Crippen molar-refractivity contribution in [1.29, 1.82) is 0 Å². The van der Waals surface area contributed by atoms with Gasteiger partial charge in [-0.1, -0.05) is 42.0 Å². The molecule has 0 spiro atoms. The van der Waals surface area contributed by atoms with Gasteiger partial charge in [-0.25, -0.2) is 0 Å². The smallest absolute Gasteiger partial charge is 0.168 e. The molecule has 0 N–H and O–H groups in total. The van der Waals surface area contributed by atoms with E-state index in [1.807, 2.05) is 0 Å². The molecule has 2 heteroatoms. The summed E-state index contributed by atoms with van der Waals surface area (Å²) in [5, 5.41) is 0. The van der Waals surface area contributed by atoms with Crippen molar-refractivity contribution in [3.05, 3.63) is 42.0 Å². The number of rotatable bonds is 0. The summed E-state index contributed by atoms with van der Waals surface area (Å²) < 4.78 is 2.29. The lowest BCUT2D eigenvalue weighted by Crippen LogP contribution is -2.23. The second kappa shape index (κ2) is 3.53. The van der Waals surface area contributed by atoms with Crippen LogP contribution in [0.5, 0.6) is 0 Å². The SMILES string of the molecule is C=C1C[B-](=[N+](C)C)Cc2ccccc21. The van der Waals surface area contributed by atoms with Crippen molar-refractivity contribution >= 4 is 12.1 Å². The minimum absolute atomic E-state index is 0.623. The van der Waals surface area contributed by atoms with Gasteiger partial charge in [-0.2, -0.15) is 0 Å². The lowest BCUT2D eigenvalue weighted by Gasteiger charge is -2.24. The molecule has 0 aliphatic carbocycles. The fourth-order valence-electron chi connectivity index (χ4n) is 2.13. The maximum atomic E-state index is 4.16. The summed E-state index contributed by atoms with van der Waals surface area (Å²) in [7, 11) is 4.29. The van der Waals surface area contributed by atoms with Gasteiger partial charge in [-0.3, -0.25) is 0 Å². The average molecular weight is 185 g/mol. The Hall–Kier alpha value is -1.18. The molecule has 0 unspecified atom stereocenters. The molecule has 0 saturated heterocycles. The second-order valence-electron chi connectivity index (χ2n) is 4.29. The summed E-state index contributed by atoms with van der Waals surface area (Å²) in [5.74, 6) is 0. The molecule has 0 saturated carbocycles. The van der Waals surface area contributed by atoms with Crippen molar-refractivity contribution in [2.75, 3.05) is 14.1 Å². The molecule has 72 valence electrons. The van der Waals surface area contributed by atoms with Crippen molar-refractivity contribution in [2.24, 2.45) is 0 Å². The number of fused-ring (bicyclic) bond motifs is 1. The second-order valence-corrected chi connectivity index (χ2v) is 4.29. The predicted octanol–water partition coefficient (Wildman–Crippen LogP) is 2.33. The van der Waals surface area contributed by atoms with Crippen LogP contribution in [0, 0.1) is 0 Å². The van der Waals surface area contributed by atoms with Gasteiger partial charge in [-0.15, -0.1) is 12.6 Å². The Morgan fingerprint density at radius 1 is 1.21 bits per heavy atom. The predicted molar refractivity (Wildman–Crippen MR) is 61.8 cm³/mol. The monoisotopic (exact) mass is 185 g/mol. The molecule has 0 amide bonds. The molecule has 1 aromatic rings.